The molecule has 0 amide bonds. The highest BCUT2D eigenvalue weighted by atomic mass is 19.2. The molecule has 0 radical (unpaired) electrons. The van der Waals surface area contributed by atoms with Crippen LogP contribution in [0.1, 0.15) is 39.7 Å². The van der Waals surface area contributed by atoms with E-state index in [1.165, 1.54) is 18.2 Å². The van der Waals surface area contributed by atoms with Crippen LogP contribution in [-0.4, -0.2) is 79.4 Å². The normalized spacial score (nSPS) is 20.5. The van der Waals surface area contributed by atoms with Gasteiger partial charge in [0.05, 0.1) is 0 Å². The minimum Gasteiger partial charge on any atom is -0.483 e. The van der Waals surface area contributed by atoms with E-state index in [-0.39, 0.29) is 24.0 Å². The monoisotopic (exact) mass is 675 g/mol. The average molecular weight is 676 g/mol. The Labute approximate surface area is 265 Å². The third-order valence-corrected chi connectivity index (χ3v) is 6.36. The number of carbonyl (C=O) groups is 4. The first-order chi connectivity index (χ1) is 22.2. The first-order valence-corrected chi connectivity index (χ1v) is 14.1. The Hall–Kier alpha value is -4.64. The summed E-state index contributed by atoms with van der Waals surface area (Å²) >= 11 is 0. The maximum atomic E-state index is 14.4. The van der Waals surface area contributed by atoms with Gasteiger partial charge in [-0.05, 0) is 24.6 Å². The molecular formula is C30H33F4NO12. The first-order valence-electron chi connectivity index (χ1n) is 14.1. The van der Waals surface area contributed by atoms with Gasteiger partial charge in [-0.1, -0.05) is 0 Å². The second-order valence-electron chi connectivity index (χ2n) is 10.1. The summed E-state index contributed by atoms with van der Waals surface area (Å²) < 4.78 is 94.6. The van der Waals surface area contributed by atoms with Gasteiger partial charge in [-0.2, -0.15) is 8.78 Å². The molecule has 1 aliphatic heterocycles. The van der Waals surface area contributed by atoms with Crippen molar-refractivity contribution in [3.63, 3.8) is 0 Å². The number of aliphatic hydroxyl groups excluding tert-OH is 1. The lowest BCUT2D eigenvalue weighted by molar-refractivity contribution is -0.288. The summed E-state index contributed by atoms with van der Waals surface area (Å²) in [5.41, 5.74) is 0.410. The lowest BCUT2D eigenvalue weighted by Gasteiger charge is -2.44. The van der Waals surface area contributed by atoms with Crippen LogP contribution >= 0.6 is 0 Å². The molecule has 0 saturated carbocycles. The molecule has 258 valence electrons. The van der Waals surface area contributed by atoms with Crippen molar-refractivity contribution >= 4 is 29.6 Å². The van der Waals surface area contributed by atoms with E-state index in [1.807, 2.05) is 0 Å². The van der Waals surface area contributed by atoms with Crippen molar-refractivity contribution in [2.75, 3.05) is 25.1 Å². The lowest BCUT2D eigenvalue weighted by atomic mass is 9.98. The van der Waals surface area contributed by atoms with Crippen LogP contribution < -0.4 is 14.8 Å². The van der Waals surface area contributed by atoms with E-state index >= 15 is 0 Å². The van der Waals surface area contributed by atoms with Gasteiger partial charge in [0.2, 0.25) is 24.0 Å². The molecule has 1 fully saturated rings. The molecule has 2 N–H and O–H groups in total. The van der Waals surface area contributed by atoms with Gasteiger partial charge in [0.1, 0.15) is 25.1 Å². The zero-order chi connectivity index (χ0) is 34.8. The van der Waals surface area contributed by atoms with Crippen LogP contribution in [0.5, 0.6) is 11.5 Å². The van der Waals surface area contributed by atoms with Gasteiger partial charge in [0, 0.05) is 58.2 Å². The Morgan fingerprint density at radius 1 is 0.830 bits per heavy atom. The molecule has 5 atom stereocenters. The van der Waals surface area contributed by atoms with Gasteiger partial charge >= 0.3 is 23.9 Å². The summed E-state index contributed by atoms with van der Waals surface area (Å²) in [5, 5.41) is 12.1. The van der Waals surface area contributed by atoms with Gasteiger partial charge in [0.15, 0.2) is 29.6 Å². The highest BCUT2D eigenvalue weighted by Gasteiger charge is 2.53. The van der Waals surface area contributed by atoms with Crippen molar-refractivity contribution < 1.29 is 75.0 Å². The Bertz CT molecular complexity index is 1430. The van der Waals surface area contributed by atoms with Crippen molar-refractivity contribution in [3.05, 3.63) is 53.1 Å². The highest BCUT2D eigenvalue weighted by molar-refractivity contribution is 5.68. The maximum absolute atomic E-state index is 14.4. The zero-order valence-corrected chi connectivity index (χ0v) is 25.7. The predicted octanol–water partition coefficient (Wildman–Crippen LogP) is 3.08. The number of ether oxygens (including phenoxy) is 7. The van der Waals surface area contributed by atoms with Crippen molar-refractivity contribution in [1.82, 2.24) is 0 Å². The van der Waals surface area contributed by atoms with Crippen LogP contribution in [0.15, 0.2) is 24.3 Å². The molecule has 1 heterocycles. The molecule has 47 heavy (non-hydrogen) atoms. The van der Waals surface area contributed by atoms with E-state index in [9.17, 15) is 36.7 Å². The largest absolute Gasteiger partial charge is 0.483 e. The fourth-order valence-corrected chi connectivity index (χ4v) is 4.47. The molecule has 17 heteroatoms. The maximum Gasteiger partial charge on any atom is 0.303 e. The number of nitrogens with one attached hydrogen (secondary N) is 1. The molecule has 1 aliphatic rings. The summed E-state index contributed by atoms with van der Waals surface area (Å²) in [7, 11) is 0. The fourth-order valence-electron chi connectivity index (χ4n) is 4.47. The second kappa shape index (κ2) is 16.8. The Morgan fingerprint density at radius 2 is 1.43 bits per heavy atom. The number of aliphatic hydroxyl groups is 1. The van der Waals surface area contributed by atoms with Crippen LogP contribution in [0.25, 0.3) is 0 Å². The fraction of sp³-hybridized carbons (Fsp3) is 0.467. The zero-order valence-electron chi connectivity index (χ0n) is 25.7. The summed E-state index contributed by atoms with van der Waals surface area (Å²) in [6.45, 7) is 3.11. The van der Waals surface area contributed by atoms with E-state index < -0.39 is 96.8 Å². The van der Waals surface area contributed by atoms with Gasteiger partial charge < -0.3 is 43.6 Å². The van der Waals surface area contributed by atoms with Gasteiger partial charge in [-0.3, -0.25) is 19.2 Å². The van der Waals surface area contributed by atoms with Crippen LogP contribution in [0, 0.1) is 23.3 Å². The Kier molecular flexibility index (Phi) is 13.1. The third-order valence-electron chi connectivity index (χ3n) is 6.36. The van der Waals surface area contributed by atoms with E-state index in [4.69, 9.17) is 38.3 Å². The quantitative estimate of drug-likeness (QED) is 0.0988. The topological polar surface area (TPSA) is 165 Å². The van der Waals surface area contributed by atoms with Crippen LogP contribution in [-0.2, 0) is 49.5 Å². The lowest BCUT2D eigenvalue weighted by Crippen LogP contribution is -2.63. The van der Waals surface area contributed by atoms with Gasteiger partial charge in [-0.25, -0.2) is 8.78 Å². The summed E-state index contributed by atoms with van der Waals surface area (Å²) in [6.07, 6.45) is -7.30. The number of anilines is 1. The van der Waals surface area contributed by atoms with E-state index in [0.717, 1.165) is 27.7 Å². The molecule has 2 aromatic carbocycles. The minimum atomic E-state index is -1.79. The van der Waals surface area contributed by atoms with Crippen molar-refractivity contribution in [2.45, 2.75) is 71.4 Å². The number of halogens is 4. The van der Waals surface area contributed by atoms with Crippen LogP contribution in [0.3, 0.4) is 0 Å². The van der Waals surface area contributed by atoms with E-state index in [0.29, 0.717) is 18.7 Å². The molecule has 0 aromatic heterocycles. The van der Waals surface area contributed by atoms with Crippen molar-refractivity contribution in [2.24, 2.45) is 0 Å². The summed E-state index contributed by atoms with van der Waals surface area (Å²) in [6, 6.07) is 4.24. The van der Waals surface area contributed by atoms with E-state index in [2.05, 4.69) is 5.32 Å². The molecule has 0 aliphatic carbocycles. The van der Waals surface area contributed by atoms with Crippen LogP contribution in [0.4, 0.5) is 23.2 Å². The molecule has 0 spiro atoms. The average Bonchev–Trinajstić information content (AvgIpc) is 2.98. The standard InChI is InChI=1S/C30H33F4NO12/c1-14(37)41-13-23-26(43-15(2)38)28(44-16(3)39)29(45-17(4)40)30(47-23)46-22-7-6-19(35-8-5-9-36)10-18(22)12-42-27-24(33)20(31)11-21(32)25(27)34/h6-7,10-11,23,26,28-30,35-36H,5,8-9,12-13H2,1-4H3/t23-,26+,28+,29-,30-/m1/s1. The molecule has 3 rings (SSSR count). The van der Waals surface area contributed by atoms with Gasteiger partial charge in [0.25, 0.3) is 0 Å². The SMILES string of the molecule is CC(=O)OC[C@H]1O[C@@H](Oc2ccc(NCCCO)cc2COc2c(F)c(F)cc(F)c2F)[C@H](OC(C)=O)[C@@H](OC(C)=O)[C@H]1OC(C)=O. The number of hydrogen-bond donors (Lipinski definition) is 2. The number of benzene rings is 2. The van der Waals surface area contributed by atoms with Crippen LogP contribution in [0.2, 0.25) is 0 Å². The smallest absolute Gasteiger partial charge is 0.303 e. The van der Waals surface area contributed by atoms with Crippen molar-refractivity contribution in [3.8, 4) is 11.5 Å². The first kappa shape index (κ1) is 36.8. The number of carbonyl (C=O) groups excluding carboxylic acids is 4. The molecule has 2 aromatic rings. The van der Waals surface area contributed by atoms with E-state index in [1.54, 1.807) is 0 Å². The molecular weight excluding hydrogens is 642 g/mol. The number of rotatable bonds is 14. The predicted molar refractivity (Wildman–Crippen MR) is 150 cm³/mol. The molecule has 1 saturated heterocycles. The van der Waals surface area contributed by atoms with Gasteiger partial charge in [-0.15, -0.1) is 0 Å². The second-order valence-corrected chi connectivity index (χ2v) is 10.1. The number of hydrogen-bond acceptors (Lipinski definition) is 13. The number of esters is 4. The Morgan fingerprint density at radius 3 is 2.00 bits per heavy atom. The molecule has 13 nitrogen and oxygen atoms in total. The van der Waals surface area contributed by atoms with Crippen molar-refractivity contribution in [1.29, 1.82) is 0 Å². The highest BCUT2D eigenvalue weighted by Crippen LogP contribution is 2.34. The summed E-state index contributed by atoms with van der Waals surface area (Å²) in [4.78, 5) is 47.8. The summed E-state index contributed by atoms with van der Waals surface area (Å²) in [5.74, 6) is -11.8. The third kappa shape index (κ3) is 10.2. The molecule has 0 unspecified atom stereocenters. The Balaban J connectivity index is 2.06. The molecule has 0 bridgehead atoms. The minimum absolute atomic E-state index is 0.00956.